The summed E-state index contributed by atoms with van der Waals surface area (Å²) in [5.41, 5.74) is 9.97. The summed E-state index contributed by atoms with van der Waals surface area (Å²) in [6, 6.07) is 4.01. The minimum atomic E-state index is 0.284. The van der Waals surface area contributed by atoms with Gasteiger partial charge in [-0.3, -0.25) is 0 Å². The molecule has 2 aromatic rings. The molecular weight excluding hydrogens is 242 g/mol. The highest BCUT2D eigenvalue weighted by molar-refractivity contribution is 5.71. The minimum absolute atomic E-state index is 0.284. The first-order valence-corrected chi connectivity index (χ1v) is 6.24. The van der Waals surface area contributed by atoms with Crippen LogP contribution in [0.1, 0.15) is 17.1 Å². The molecule has 0 saturated heterocycles. The molecule has 0 saturated carbocycles. The quantitative estimate of drug-likeness (QED) is 0.894. The molecule has 0 radical (unpaired) electrons. The van der Waals surface area contributed by atoms with Crippen molar-refractivity contribution in [3.05, 3.63) is 29.2 Å². The van der Waals surface area contributed by atoms with E-state index in [1.165, 1.54) is 0 Å². The molecule has 2 heterocycles. The minimum Gasteiger partial charge on any atom is -0.454 e. The molecule has 0 amide bonds. The predicted molar refractivity (Wildman–Crippen MR) is 72.1 cm³/mol. The van der Waals surface area contributed by atoms with Gasteiger partial charge in [0, 0.05) is 19.2 Å². The van der Waals surface area contributed by atoms with Crippen LogP contribution in [0.4, 0.5) is 0 Å². The summed E-state index contributed by atoms with van der Waals surface area (Å²) in [4.78, 5) is 4.51. The third-order valence-electron chi connectivity index (χ3n) is 3.56. The van der Waals surface area contributed by atoms with Gasteiger partial charge in [0.1, 0.15) is 5.82 Å². The van der Waals surface area contributed by atoms with Crippen LogP contribution >= 0.6 is 0 Å². The Hall–Kier alpha value is -2.01. The molecule has 1 aromatic heterocycles. The normalized spacial score (nSPS) is 13.1. The van der Waals surface area contributed by atoms with Crippen LogP contribution in [0.2, 0.25) is 0 Å². The first-order valence-electron chi connectivity index (χ1n) is 6.24. The van der Waals surface area contributed by atoms with Gasteiger partial charge in [-0.2, -0.15) is 0 Å². The number of hydrogen-bond donors (Lipinski definition) is 1. The summed E-state index contributed by atoms with van der Waals surface area (Å²) in [5, 5.41) is 0. The second kappa shape index (κ2) is 4.28. The molecule has 0 fully saturated rings. The molecule has 1 aliphatic rings. The maximum absolute atomic E-state index is 5.80. The van der Waals surface area contributed by atoms with Crippen molar-refractivity contribution in [2.45, 2.75) is 20.4 Å². The molecule has 0 unspecified atom stereocenters. The number of aryl methyl sites for hydroxylation is 2. The van der Waals surface area contributed by atoms with Crippen molar-refractivity contribution < 1.29 is 9.47 Å². The molecule has 2 N–H and O–H groups in total. The Bertz CT molecular complexity index is 647. The van der Waals surface area contributed by atoms with E-state index < -0.39 is 0 Å². The van der Waals surface area contributed by atoms with Crippen LogP contribution in [-0.4, -0.2) is 16.3 Å². The van der Waals surface area contributed by atoms with Crippen LogP contribution in [0.5, 0.6) is 11.5 Å². The Morgan fingerprint density at radius 1 is 1.26 bits per heavy atom. The van der Waals surface area contributed by atoms with Crippen LogP contribution in [0, 0.1) is 13.8 Å². The molecule has 100 valence electrons. The van der Waals surface area contributed by atoms with Crippen molar-refractivity contribution >= 4 is 0 Å². The van der Waals surface area contributed by atoms with E-state index in [9.17, 15) is 0 Å². The van der Waals surface area contributed by atoms with Gasteiger partial charge in [-0.05, 0) is 31.5 Å². The van der Waals surface area contributed by atoms with E-state index >= 15 is 0 Å². The standard InChI is InChI=1S/C14H17N3O2/c1-8-4-12-13(19-7-18-12)5-10(8)14-11(6-15)16-9(2)17(14)3/h4-5H,6-7,15H2,1-3H3. The summed E-state index contributed by atoms with van der Waals surface area (Å²) in [7, 11) is 2.00. The third kappa shape index (κ3) is 1.77. The van der Waals surface area contributed by atoms with Gasteiger partial charge in [0.25, 0.3) is 0 Å². The smallest absolute Gasteiger partial charge is 0.231 e. The van der Waals surface area contributed by atoms with Crippen LogP contribution in [0.25, 0.3) is 11.3 Å². The van der Waals surface area contributed by atoms with Gasteiger partial charge in [0.05, 0.1) is 11.4 Å². The largest absolute Gasteiger partial charge is 0.454 e. The molecule has 1 aromatic carbocycles. The summed E-state index contributed by atoms with van der Waals surface area (Å²) >= 11 is 0. The fourth-order valence-corrected chi connectivity index (χ4v) is 2.46. The molecule has 19 heavy (non-hydrogen) atoms. The zero-order valence-corrected chi connectivity index (χ0v) is 11.4. The van der Waals surface area contributed by atoms with E-state index in [1.807, 2.05) is 26.1 Å². The number of benzene rings is 1. The van der Waals surface area contributed by atoms with Gasteiger partial charge >= 0.3 is 0 Å². The second-order valence-corrected chi connectivity index (χ2v) is 4.74. The third-order valence-corrected chi connectivity index (χ3v) is 3.56. The Labute approximate surface area is 112 Å². The average Bonchev–Trinajstić information content (AvgIpc) is 2.94. The van der Waals surface area contributed by atoms with E-state index in [0.29, 0.717) is 6.54 Å². The average molecular weight is 259 g/mol. The zero-order chi connectivity index (χ0) is 13.6. The topological polar surface area (TPSA) is 62.3 Å². The van der Waals surface area contributed by atoms with Crippen molar-refractivity contribution in [3.8, 4) is 22.8 Å². The van der Waals surface area contributed by atoms with Gasteiger partial charge in [-0.1, -0.05) is 0 Å². The zero-order valence-electron chi connectivity index (χ0n) is 11.4. The van der Waals surface area contributed by atoms with Crippen LogP contribution < -0.4 is 15.2 Å². The Morgan fingerprint density at radius 3 is 2.63 bits per heavy atom. The van der Waals surface area contributed by atoms with E-state index in [4.69, 9.17) is 15.2 Å². The van der Waals surface area contributed by atoms with E-state index in [-0.39, 0.29) is 6.79 Å². The van der Waals surface area contributed by atoms with Gasteiger partial charge < -0.3 is 19.8 Å². The lowest BCUT2D eigenvalue weighted by molar-refractivity contribution is 0.174. The molecule has 0 atom stereocenters. The highest BCUT2D eigenvalue weighted by Crippen LogP contribution is 2.39. The highest BCUT2D eigenvalue weighted by atomic mass is 16.7. The lowest BCUT2D eigenvalue weighted by Gasteiger charge is -2.10. The molecule has 1 aliphatic heterocycles. The molecule has 0 spiro atoms. The maximum Gasteiger partial charge on any atom is 0.231 e. The summed E-state index contributed by atoms with van der Waals surface area (Å²) in [5.74, 6) is 2.53. The predicted octanol–water partition coefficient (Wildman–Crippen LogP) is 1.89. The molecule has 0 aliphatic carbocycles. The van der Waals surface area contributed by atoms with E-state index in [1.54, 1.807) is 0 Å². The summed E-state index contributed by atoms with van der Waals surface area (Å²) in [6.07, 6.45) is 0. The summed E-state index contributed by atoms with van der Waals surface area (Å²) < 4.78 is 12.9. The first kappa shape index (κ1) is 12.0. The van der Waals surface area contributed by atoms with Crippen molar-refractivity contribution in [2.75, 3.05) is 6.79 Å². The van der Waals surface area contributed by atoms with Crippen LogP contribution in [-0.2, 0) is 13.6 Å². The lowest BCUT2D eigenvalue weighted by atomic mass is 10.0. The lowest BCUT2D eigenvalue weighted by Crippen LogP contribution is -2.01. The fraction of sp³-hybridized carbons (Fsp3) is 0.357. The number of aromatic nitrogens is 2. The Balaban J connectivity index is 2.22. The van der Waals surface area contributed by atoms with Gasteiger partial charge in [0.15, 0.2) is 11.5 Å². The molecule has 3 rings (SSSR count). The van der Waals surface area contributed by atoms with Crippen molar-refractivity contribution in [1.29, 1.82) is 0 Å². The van der Waals surface area contributed by atoms with Crippen LogP contribution in [0.15, 0.2) is 12.1 Å². The second-order valence-electron chi connectivity index (χ2n) is 4.74. The number of fused-ring (bicyclic) bond motifs is 1. The number of nitrogens with zero attached hydrogens (tertiary/aromatic N) is 2. The Kier molecular flexibility index (Phi) is 2.71. The van der Waals surface area contributed by atoms with Crippen molar-refractivity contribution in [3.63, 3.8) is 0 Å². The number of hydrogen-bond acceptors (Lipinski definition) is 4. The number of imidazole rings is 1. The Morgan fingerprint density at radius 2 is 1.95 bits per heavy atom. The van der Waals surface area contributed by atoms with Crippen molar-refractivity contribution in [1.82, 2.24) is 9.55 Å². The number of nitrogens with two attached hydrogens (primary N) is 1. The van der Waals surface area contributed by atoms with E-state index in [2.05, 4.69) is 16.5 Å². The highest BCUT2D eigenvalue weighted by Gasteiger charge is 2.20. The van der Waals surface area contributed by atoms with Crippen LogP contribution in [0.3, 0.4) is 0 Å². The monoisotopic (exact) mass is 259 g/mol. The molecule has 0 bridgehead atoms. The van der Waals surface area contributed by atoms with Gasteiger partial charge in [0.2, 0.25) is 6.79 Å². The van der Waals surface area contributed by atoms with Crippen molar-refractivity contribution in [2.24, 2.45) is 12.8 Å². The number of ether oxygens (including phenoxy) is 2. The van der Waals surface area contributed by atoms with E-state index in [0.717, 1.165) is 39.8 Å². The SMILES string of the molecule is Cc1cc2c(cc1-c1c(CN)nc(C)n1C)OCO2. The maximum atomic E-state index is 5.80. The molecule has 5 nitrogen and oxygen atoms in total. The van der Waals surface area contributed by atoms with Gasteiger partial charge in [-0.15, -0.1) is 0 Å². The van der Waals surface area contributed by atoms with Gasteiger partial charge in [-0.25, -0.2) is 4.98 Å². The fourth-order valence-electron chi connectivity index (χ4n) is 2.46. The molecule has 5 heteroatoms. The first-order chi connectivity index (χ1) is 9.11. The number of rotatable bonds is 2. The summed E-state index contributed by atoms with van der Waals surface area (Å²) in [6.45, 7) is 4.74. The molecular formula is C14H17N3O2.